The normalized spacial score (nSPS) is 17.0. The Balaban J connectivity index is 0.00000364. The first-order valence-electron chi connectivity index (χ1n) is 9.40. The molecule has 1 aliphatic rings. The molecule has 1 unspecified atom stereocenters. The Labute approximate surface area is 185 Å². The third kappa shape index (κ3) is 6.52. The minimum Gasteiger partial charge on any atom is -0.357 e. The van der Waals surface area contributed by atoms with Crippen molar-refractivity contribution in [2.45, 2.75) is 45.6 Å². The first-order chi connectivity index (χ1) is 12.4. The highest BCUT2D eigenvalue weighted by Crippen LogP contribution is 2.39. The van der Waals surface area contributed by atoms with Crippen LogP contribution >= 0.6 is 35.6 Å². The number of carbonyl (C=O) groups excluding carboxylic acids is 1. The molecule has 5 nitrogen and oxygen atoms in total. The molecule has 0 heterocycles. The fourth-order valence-corrected chi connectivity index (χ4v) is 3.78. The third-order valence-corrected chi connectivity index (χ3v) is 5.24. The van der Waals surface area contributed by atoms with Crippen molar-refractivity contribution in [1.29, 1.82) is 0 Å². The van der Waals surface area contributed by atoms with Gasteiger partial charge in [-0.2, -0.15) is 0 Å². The molecule has 1 saturated carbocycles. The van der Waals surface area contributed by atoms with Gasteiger partial charge in [-0.1, -0.05) is 36.6 Å². The van der Waals surface area contributed by atoms with Gasteiger partial charge in [0.1, 0.15) is 0 Å². The maximum absolute atomic E-state index is 12.7. The van der Waals surface area contributed by atoms with E-state index in [2.05, 4.69) is 17.6 Å². The summed E-state index contributed by atoms with van der Waals surface area (Å²) < 4.78 is 0. The quantitative estimate of drug-likeness (QED) is 0.345. The van der Waals surface area contributed by atoms with Crippen molar-refractivity contribution in [3.05, 3.63) is 34.9 Å². The molecule has 1 aromatic carbocycles. The first kappa shape index (κ1) is 24.0. The smallest absolute Gasteiger partial charge is 0.230 e. The van der Waals surface area contributed by atoms with Crippen LogP contribution in [0.15, 0.2) is 29.3 Å². The van der Waals surface area contributed by atoms with Gasteiger partial charge in [0.2, 0.25) is 5.91 Å². The van der Waals surface area contributed by atoms with E-state index in [0.717, 1.165) is 48.8 Å². The number of rotatable bonds is 6. The average molecular weight is 507 g/mol. The number of guanidine groups is 1. The number of nitrogens with zero attached hydrogens (tertiary/aromatic N) is 2. The minimum absolute atomic E-state index is 0. The lowest BCUT2D eigenvalue weighted by Crippen LogP contribution is -2.43. The van der Waals surface area contributed by atoms with Crippen LogP contribution in [0.3, 0.4) is 0 Å². The largest absolute Gasteiger partial charge is 0.357 e. The van der Waals surface area contributed by atoms with Crippen molar-refractivity contribution in [2.24, 2.45) is 10.4 Å². The molecule has 1 aromatic rings. The molecule has 7 heteroatoms. The van der Waals surface area contributed by atoms with E-state index >= 15 is 0 Å². The fourth-order valence-electron chi connectivity index (χ4n) is 3.58. The van der Waals surface area contributed by atoms with Gasteiger partial charge in [0.15, 0.2) is 5.96 Å². The summed E-state index contributed by atoms with van der Waals surface area (Å²) in [5.41, 5.74) is 0.744. The second kappa shape index (κ2) is 11.1. The second-order valence-electron chi connectivity index (χ2n) is 7.30. The van der Waals surface area contributed by atoms with Gasteiger partial charge in [0, 0.05) is 25.7 Å². The van der Waals surface area contributed by atoms with E-state index in [4.69, 9.17) is 16.6 Å². The summed E-state index contributed by atoms with van der Waals surface area (Å²) in [6.45, 7) is 5.40. The molecular weight excluding hydrogens is 475 g/mol. The van der Waals surface area contributed by atoms with Gasteiger partial charge in [-0.05, 0) is 44.4 Å². The van der Waals surface area contributed by atoms with Crippen molar-refractivity contribution in [1.82, 2.24) is 15.5 Å². The van der Waals surface area contributed by atoms with Crippen LogP contribution in [0.1, 0.15) is 51.1 Å². The van der Waals surface area contributed by atoms with Crippen LogP contribution in [0.5, 0.6) is 0 Å². The highest BCUT2D eigenvalue weighted by Gasteiger charge is 2.42. The molecule has 1 atom stereocenters. The van der Waals surface area contributed by atoms with Crippen molar-refractivity contribution < 1.29 is 4.79 Å². The summed E-state index contributed by atoms with van der Waals surface area (Å²) in [6, 6.07) is 7.88. The summed E-state index contributed by atoms with van der Waals surface area (Å²) in [6.07, 6.45) is 4.02. The Morgan fingerprint density at radius 3 is 2.56 bits per heavy atom. The van der Waals surface area contributed by atoms with E-state index in [0.29, 0.717) is 6.54 Å². The van der Waals surface area contributed by atoms with Crippen molar-refractivity contribution in [3.8, 4) is 0 Å². The van der Waals surface area contributed by atoms with Crippen LogP contribution in [0, 0.1) is 5.41 Å². The topological polar surface area (TPSA) is 56.7 Å². The number of hydrogen-bond donors (Lipinski definition) is 2. The summed E-state index contributed by atoms with van der Waals surface area (Å²) in [4.78, 5) is 19.2. The predicted octanol–water partition coefficient (Wildman–Crippen LogP) is 4.22. The molecular formula is C20H32ClIN4O. The van der Waals surface area contributed by atoms with Gasteiger partial charge in [-0.3, -0.25) is 9.79 Å². The molecule has 1 fully saturated rings. The molecule has 0 aromatic heterocycles. The first-order valence-corrected chi connectivity index (χ1v) is 9.78. The highest BCUT2D eigenvalue weighted by atomic mass is 127. The zero-order valence-electron chi connectivity index (χ0n) is 16.7. The zero-order chi connectivity index (χ0) is 19.2. The molecule has 1 amide bonds. The van der Waals surface area contributed by atoms with Crippen LogP contribution in [-0.2, 0) is 4.79 Å². The average Bonchev–Trinajstić information content (AvgIpc) is 3.09. The number of aliphatic imine (C=N–C) groups is 1. The molecule has 152 valence electrons. The second-order valence-corrected chi connectivity index (χ2v) is 7.74. The maximum Gasteiger partial charge on any atom is 0.230 e. The Morgan fingerprint density at radius 2 is 2.00 bits per heavy atom. The zero-order valence-corrected chi connectivity index (χ0v) is 19.8. The molecule has 0 bridgehead atoms. The Kier molecular flexibility index (Phi) is 9.87. The number of halogens is 2. The number of carbonyl (C=O) groups is 1. The molecule has 0 saturated heterocycles. The highest BCUT2D eigenvalue weighted by molar-refractivity contribution is 14.0. The molecule has 0 radical (unpaired) electrons. The third-order valence-electron chi connectivity index (χ3n) is 5.01. The van der Waals surface area contributed by atoms with Crippen molar-refractivity contribution in [2.75, 3.05) is 27.2 Å². The molecule has 2 N–H and O–H groups in total. The van der Waals surface area contributed by atoms with E-state index in [1.807, 2.05) is 45.3 Å². The fraction of sp³-hybridized carbons (Fsp3) is 0.600. The van der Waals surface area contributed by atoms with E-state index in [9.17, 15) is 4.79 Å². The molecule has 0 aliphatic heterocycles. The summed E-state index contributed by atoms with van der Waals surface area (Å²) in [5.74, 6) is 0.926. The van der Waals surface area contributed by atoms with Crippen LogP contribution in [0.2, 0.25) is 5.02 Å². The number of benzene rings is 1. The predicted molar refractivity (Wildman–Crippen MR) is 124 cm³/mol. The summed E-state index contributed by atoms with van der Waals surface area (Å²) in [5, 5.41) is 7.44. The summed E-state index contributed by atoms with van der Waals surface area (Å²) in [7, 11) is 3.66. The summed E-state index contributed by atoms with van der Waals surface area (Å²) >= 11 is 6.10. The van der Waals surface area contributed by atoms with Crippen molar-refractivity contribution >= 4 is 47.4 Å². The van der Waals surface area contributed by atoms with Gasteiger partial charge in [-0.25, -0.2) is 0 Å². The Hall–Kier alpha value is -1.02. The van der Waals surface area contributed by atoms with Gasteiger partial charge in [0.25, 0.3) is 0 Å². The molecule has 1 aliphatic carbocycles. The SMILES string of the molecule is CCNC(=NCC1(C(=O)N(C)C)CCCC1)NC(C)c1cccc(Cl)c1.I. The van der Waals surface area contributed by atoms with E-state index in [1.54, 1.807) is 4.90 Å². The van der Waals surface area contributed by atoms with E-state index in [1.165, 1.54) is 0 Å². The van der Waals surface area contributed by atoms with Crippen LogP contribution < -0.4 is 10.6 Å². The van der Waals surface area contributed by atoms with E-state index < -0.39 is 0 Å². The van der Waals surface area contributed by atoms with Crippen LogP contribution in [0.4, 0.5) is 0 Å². The standard InChI is InChI=1S/C20H31ClN4O.HI/c1-5-22-19(24-15(2)16-9-8-10-17(21)13-16)23-14-20(11-6-7-12-20)18(26)25(3)4;/h8-10,13,15H,5-7,11-12,14H2,1-4H3,(H2,22,23,24);1H. The monoisotopic (exact) mass is 506 g/mol. The van der Waals surface area contributed by atoms with Crippen LogP contribution in [0.25, 0.3) is 0 Å². The van der Waals surface area contributed by atoms with Crippen molar-refractivity contribution in [3.63, 3.8) is 0 Å². The molecule has 27 heavy (non-hydrogen) atoms. The molecule has 0 spiro atoms. The lowest BCUT2D eigenvalue weighted by Gasteiger charge is -2.29. The van der Waals surface area contributed by atoms with Crippen LogP contribution in [-0.4, -0.2) is 44.0 Å². The minimum atomic E-state index is -0.356. The lowest BCUT2D eigenvalue weighted by atomic mass is 9.85. The van der Waals surface area contributed by atoms with Gasteiger partial charge in [-0.15, -0.1) is 24.0 Å². The van der Waals surface area contributed by atoms with Gasteiger partial charge in [0.05, 0.1) is 18.0 Å². The maximum atomic E-state index is 12.7. The Bertz CT molecular complexity index is 645. The van der Waals surface area contributed by atoms with Gasteiger partial charge < -0.3 is 15.5 Å². The number of hydrogen-bond acceptors (Lipinski definition) is 2. The lowest BCUT2D eigenvalue weighted by molar-refractivity contribution is -0.138. The number of amides is 1. The number of nitrogens with one attached hydrogen (secondary N) is 2. The Morgan fingerprint density at radius 1 is 1.33 bits per heavy atom. The van der Waals surface area contributed by atoms with Gasteiger partial charge >= 0.3 is 0 Å². The molecule has 2 rings (SSSR count). The van der Waals surface area contributed by atoms with E-state index in [-0.39, 0.29) is 41.3 Å².